The lowest BCUT2D eigenvalue weighted by Gasteiger charge is -2.14. The van der Waals surface area contributed by atoms with Gasteiger partial charge in [-0.15, -0.1) is 0 Å². The molecule has 3 saturated heterocycles. The zero-order valence-corrected chi connectivity index (χ0v) is 22.8. The number of benzene rings is 1. The molecule has 3 aliphatic rings. The lowest BCUT2D eigenvalue weighted by atomic mass is 10.1. The first kappa shape index (κ1) is 32.1. The number of carboxylic acids is 1. The maximum atomic E-state index is 12.0. The van der Waals surface area contributed by atoms with Crippen LogP contribution in [0.15, 0.2) is 24.3 Å². The van der Waals surface area contributed by atoms with E-state index in [9.17, 15) is 24.0 Å². The van der Waals surface area contributed by atoms with Crippen molar-refractivity contribution in [1.82, 2.24) is 16.0 Å². The number of nitrogens with one attached hydrogen (secondary N) is 3. The Morgan fingerprint density at radius 2 is 1.29 bits per heavy atom. The molecule has 0 bridgehead atoms. The smallest absolute Gasteiger partial charge is 0.330 e. The van der Waals surface area contributed by atoms with Gasteiger partial charge in [-0.2, -0.15) is 0 Å². The van der Waals surface area contributed by atoms with E-state index in [1.807, 2.05) is 0 Å². The summed E-state index contributed by atoms with van der Waals surface area (Å²) in [5.74, 6) is -2.75. The van der Waals surface area contributed by atoms with E-state index in [1.54, 1.807) is 24.3 Å². The summed E-state index contributed by atoms with van der Waals surface area (Å²) >= 11 is 0. The molecular formula is C27H39N5O9. The molecule has 4 rings (SSSR count). The highest BCUT2D eigenvalue weighted by Gasteiger charge is 2.28. The largest absolute Gasteiger partial charge is 0.480 e. The van der Waals surface area contributed by atoms with Crippen molar-refractivity contribution in [2.75, 3.05) is 26.2 Å². The van der Waals surface area contributed by atoms with Crippen LogP contribution in [-0.2, 0) is 39.9 Å². The van der Waals surface area contributed by atoms with Crippen molar-refractivity contribution < 1.29 is 43.3 Å². The monoisotopic (exact) mass is 577 g/mol. The minimum absolute atomic E-state index is 0.225. The molecule has 0 aromatic heterocycles. The van der Waals surface area contributed by atoms with E-state index in [0.717, 1.165) is 57.3 Å². The number of carboxylic acid groups (broad SMARTS) is 1. The van der Waals surface area contributed by atoms with E-state index in [1.165, 1.54) is 0 Å². The molecular weight excluding hydrogens is 538 g/mol. The highest BCUT2D eigenvalue weighted by Crippen LogP contribution is 2.16. The first-order chi connectivity index (χ1) is 19.6. The van der Waals surface area contributed by atoms with Gasteiger partial charge in [-0.25, -0.2) is 14.4 Å². The number of esters is 4. The zero-order chi connectivity index (χ0) is 29.8. The van der Waals surface area contributed by atoms with Crippen LogP contribution >= 0.6 is 0 Å². The van der Waals surface area contributed by atoms with Gasteiger partial charge in [0.1, 0.15) is 42.6 Å². The first-order valence-corrected chi connectivity index (χ1v) is 13.8. The molecule has 5 atom stereocenters. The van der Waals surface area contributed by atoms with Gasteiger partial charge in [-0.05, 0) is 82.3 Å². The van der Waals surface area contributed by atoms with E-state index in [0.29, 0.717) is 12.2 Å². The average Bonchev–Trinajstić information content (AvgIpc) is 3.76. The lowest BCUT2D eigenvalue weighted by molar-refractivity contribution is -0.162. The molecule has 0 spiro atoms. The molecule has 41 heavy (non-hydrogen) atoms. The van der Waals surface area contributed by atoms with Crippen molar-refractivity contribution in [2.45, 2.75) is 75.2 Å². The molecule has 0 unspecified atom stereocenters. The van der Waals surface area contributed by atoms with Crippen molar-refractivity contribution in [3.05, 3.63) is 29.8 Å². The molecule has 226 valence electrons. The number of nitrogens with two attached hydrogens (primary N) is 2. The molecule has 3 fully saturated rings. The second-order valence-electron chi connectivity index (χ2n) is 10.1. The van der Waals surface area contributed by atoms with Crippen LogP contribution in [0.1, 0.15) is 44.1 Å². The van der Waals surface area contributed by atoms with Crippen LogP contribution in [0.5, 0.6) is 5.75 Å². The lowest BCUT2D eigenvalue weighted by Crippen LogP contribution is -2.40. The van der Waals surface area contributed by atoms with Crippen molar-refractivity contribution in [3.63, 3.8) is 0 Å². The van der Waals surface area contributed by atoms with Gasteiger partial charge in [0.25, 0.3) is 0 Å². The maximum absolute atomic E-state index is 12.0. The Labute approximate surface area is 237 Å². The average molecular weight is 578 g/mol. The molecule has 0 saturated carbocycles. The van der Waals surface area contributed by atoms with E-state index >= 15 is 0 Å². The Hall–Kier alpha value is -3.43. The predicted octanol–water partition coefficient (Wildman–Crippen LogP) is -1.27. The molecule has 0 aliphatic carbocycles. The number of hydrogen-bond acceptors (Lipinski definition) is 13. The molecule has 1 aromatic carbocycles. The fraction of sp³-hybridized carbons (Fsp3) is 0.593. The van der Waals surface area contributed by atoms with Gasteiger partial charge < -0.3 is 46.7 Å². The summed E-state index contributed by atoms with van der Waals surface area (Å²) in [6.45, 7) is 2.09. The van der Waals surface area contributed by atoms with Gasteiger partial charge in [-0.3, -0.25) is 9.59 Å². The number of carbonyl (C=O) groups excluding carboxylic acids is 4. The van der Waals surface area contributed by atoms with Crippen LogP contribution in [0.25, 0.3) is 0 Å². The Balaban J connectivity index is 0.000000278. The minimum Gasteiger partial charge on any atom is -0.480 e. The van der Waals surface area contributed by atoms with Crippen LogP contribution in [-0.4, -0.2) is 91.4 Å². The van der Waals surface area contributed by atoms with E-state index in [-0.39, 0.29) is 31.1 Å². The van der Waals surface area contributed by atoms with Crippen LogP contribution in [0.3, 0.4) is 0 Å². The standard InChI is InChI=1S/C19H25N3O5.C8H14N2O4/c20-14(17(23)27-19(25)16-4-2-10-22-16)11-12-5-7-13(8-6-12)26-18(24)15-3-1-9-21-15;9-5(7(11)12)4-14-8(13)6-2-1-3-10-6/h5-8,14-16,21-22H,1-4,9-11,20H2;5-6,10H,1-4,9H2,(H,11,12)/t14-,15-,16-;5-,6-/m00/s1. The molecule has 0 radical (unpaired) electrons. The quantitative estimate of drug-likeness (QED) is 0.108. The molecule has 3 aliphatic heterocycles. The third-order valence-corrected chi connectivity index (χ3v) is 6.86. The summed E-state index contributed by atoms with van der Waals surface area (Å²) in [4.78, 5) is 57.4. The summed E-state index contributed by atoms with van der Waals surface area (Å²) in [6, 6.07) is 3.74. The van der Waals surface area contributed by atoms with Crippen molar-refractivity contribution >= 4 is 29.8 Å². The number of hydrogen-bond donors (Lipinski definition) is 6. The van der Waals surface area contributed by atoms with Gasteiger partial charge in [0.05, 0.1) is 0 Å². The van der Waals surface area contributed by atoms with Crippen LogP contribution < -0.4 is 32.2 Å². The fourth-order valence-electron chi connectivity index (χ4n) is 4.47. The van der Waals surface area contributed by atoms with Crippen LogP contribution in [0, 0.1) is 0 Å². The first-order valence-electron chi connectivity index (χ1n) is 13.8. The van der Waals surface area contributed by atoms with E-state index in [4.69, 9.17) is 30.8 Å². The SMILES string of the molecule is N[C@@H](COC(=O)[C@@H]1CCCN1)C(=O)O.N[C@@H](Cc1ccc(OC(=O)[C@@H]2CCCN2)cc1)C(=O)OC(=O)[C@@H]1CCCN1. The summed E-state index contributed by atoms with van der Waals surface area (Å²) < 4.78 is 14.9. The van der Waals surface area contributed by atoms with Gasteiger partial charge in [0.2, 0.25) is 0 Å². The highest BCUT2D eigenvalue weighted by molar-refractivity contribution is 5.91. The Kier molecular flexibility index (Phi) is 12.6. The van der Waals surface area contributed by atoms with Gasteiger partial charge in [0.15, 0.2) is 0 Å². The molecule has 1 aromatic rings. The van der Waals surface area contributed by atoms with Crippen molar-refractivity contribution in [3.8, 4) is 5.75 Å². The van der Waals surface area contributed by atoms with Gasteiger partial charge in [-0.1, -0.05) is 12.1 Å². The molecule has 0 amide bonds. The predicted molar refractivity (Wildman–Crippen MR) is 144 cm³/mol. The highest BCUT2D eigenvalue weighted by atomic mass is 16.6. The number of rotatable bonds is 10. The maximum Gasteiger partial charge on any atom is 0.330 e. The summed E-state index contributed by atoms with van der Waals surface area (Å²) in [5, 5.41) is 17.4. The number of aliphatic carboxylic acids is 1. The second-order valence-corrected chi connectivity index (χ2v) is 10.1. The third-order valence-electron chi connectivity index (χ3n) is 6.86. The number of ether oxygens (including phenoxy) is 3. The Bertz CT molecular complexity index is 1050. The van der Waals surface area contributed by atoms with Crippen molar-refractivity contribution in [1.29, 1.82) is 0 Å². The molecule has 14 nitrogen and oxygen atoms in total. The van der Waals surface area contributed by atoms with Crippen LogP contribution in [0.4, 0.5) is 0 Å². The minimum atomic E-state index is -1.17. The summed E-state index contributed by atoms with van der Waals surface area (Å²) in [7, 11) is 0. The van der Waals surface area contributed by atoms with Gasteiger partial charge >= 0.3 is 29.8 Å². The second kappa shape index (κ2) is 16.1. The molecule has 14 heteroatoms. The van der Waals surface area contributed by atoms with Gasteiger partial charge in [0, 0.05) is 0 Å². The Morgan fingerprint density at radius 3 is 1.78 bits per heavy atom. The van der Waals surface area contributed by atoms with Crippen molar-refractivity contribution in [2.24, 2.45) is 11.5 Å². The topological polar surface area (TPSA) is 221 Å². The number of carbonyl (C=O) groups is 5. The molecule has 8 N–H and O–H groups in total. The fourth-order valence-corrected chi connectivity index (χ4v) is 4.47. The third kappa shape index (κ3) is 10.5. The van der Waals surface area contributed by atoms with E-state index in [2.05, 4.69) is 16.0 Å². The summed E-state index contributed by atoms with van der Waals surface area (Å²) in [5.41, 5.74) is 11.8. The Morgan fingerprint density at radius 1 is 0.780 bits per heavy atom. The van der Waals surface area contributed by atoms with E-state index < -0.39 is 42.0 Å². The van der Waals surface area contributed by atoms with Crippen LogP contribution in [0.2, 0.25) is 0 Å². The zero-order valence-electron chi connectivity index (χ0n) is 22.8. The molecule has 3 heterocycles. The normalized spacial score (nSPS) is 23.0. The summed E-state index contributed by atoms with van der Waals surface area (Å²) in [6.07, 6.45) is 5.19.